The number of nitrogens with one attached hydrogen (secondary N) is 1. The molecule has 1 aliphatic heterocycles. The van der Waals surface area contributed by atoms with Crippen LogP contribution >= 0.6 is 11.3 Å². The Bertz CT molecular complexity index is 340. The van der Waals surface area contributed by atoms with Crippen molar-refractivity contribution >= 4 is 11.3 Å². The van der Waals surface area contributed by atoms with Crippen molar-refractivity contribution in [2.24, 2.45) is 0 Å². The first-order valence-electron chi connectivity index (χ1n) is 7.35. The molecule has 18 heavy (non-hydrogen) atoms. The summed E-state index contributed by atoms with van der Waals surface area (Å²) < 4.78 is 0. The third-order valence-corrected chi connectivity index (χ3v) is 4.99. The van der Waals surface area contributed by atoms with Gasteiger partial charge in [-0.1, -0.05) is 13.8 Å². The van der Waals surface area contributed by atoms with Crippen LogP contribution in [0.5, 0.6) is 0 Å². The first-order chi connectivity index (χ1) is 8.81. The van der Waals surface area contributed by atoms with Crippen molar-refractivity contribution in [3.63, 3.8) is 0 Å². The highest BCUT2D eigenvalue weighted by Gasteiger charge is 2.17. The number of hydrogen-bond donors (Lipinski definition) is 1. The second kappa shape index (κ2) is 7.27. The van der Waals surface area contributed by atoms with Gasteiger partial charge in [0.1, 0.15) is 0 Å². The molecule has 0 amide bonds. The van der Waals surface area contributed by atoms with E-state index >= 15 is 0 Å². The summed E-state index contributed by atoms with van der Waals surface area (Å²) in [6.45, 7) is 9.38. The van der Waals surface area contributed by atoms with Gasteiger partial charge in [-0.05, 0) is 57.5 Å². The van der Waals surface area contributed by atoms with Crippen molar-refractivity contribution < 1.29 is 0 Å². The molecule has 0 spiro atoms. The molecule has 1 aliphatic rings. The minimum atomic E-state index is 0.727. The summed E-state index contributed by atoms with van der Waals surface area (Å²) in [6.07, 6.45) is 5.07. The van der Waals surface area contributed by atoms with Gasteiger partial charge in [-0.15, -0.1) is 11.3 Å². The summed E-state index contributed by atoms with van der Waals surface area (Å²) in [5.74, 6) is 0. The monoisotopic (exact) mass is 266 g/mol. The van der Waals surface area contributed by atoms with E-state index in [0.29, 0.717) is 0 Å². The molecule has 0 aromatic carbocycles. The van der Waals surface area contributed by atoms with Crippen molar-refractivity contribution in [3.05, 3.63) is 21.9 Å². The normalized spacial score (nSPS) is 18.3. The van der Waals surface area contributed by atoms with E-state index in [9.17, 15) is 0 Å². The van der Waals surface area contributed by atoms with Gasteiger partial charge in [0.25, 0.3) is 0 Å². The van der Waals surface area contributed by atoms with Crippen LogP contribution in [0.25, 0.3) is 0 Å². The third kappa shape index (κ3) is 4.08. The maximum Gasteiger partial charge on any atom is 0.0302 e. The zero-order valence-electron chi connectivity index (χ0n) is 11.7. The number of hydrogen-bond acceptors (Lipinski definition) is 3. The Labute approximate surface area is 115 Å². The van der Waals surface area contributed by atoms with Crippen molar-refractivity contribution in [1.29, 1.82) is 0 Å². The van der Waals surface area contributed by atoms with Crippen LogP contribution in [0, 0.1) is 0 Å². The third-order valence-electron chi connectivity index (χ3n) is 3.76. The molecule has 0 saturated carbocycles. The number of likely N-dealkylation sites (tertiary alicyclic amines) is 1. The zero-order chi connectivity index (χ0) is 12.8. The van der Waals surface area contributed by atoms with Crippen LogP contribution in [0.4, 0.5) is 0 Å². The van der Waals surface area contributed by atoms with Gasteiger partial charge in [0.15, 0.2) is 0 Å². The van der Waals surface area contributed by atoms with Crippen molar-refractivity contribution in [2.75, 3.05) is 19.6 Å². The van der Waals surface area contributed by atoms with Crippen LogP contribution < -0.4 is 5.32 Å². The minimum absolute atomic E-state index is 0.727. The van der Waals surface area contributed by atoms with E-state index in [1.807, 2.05) is 11.3 Å². The number of nitrogens with zero attached hydrogens (tertiary/aromatic N) is 1. The molecule has 1 aromatic heterocycles. The minimum Gasteiger partial charge on any atom is -0.309 e. The van der Waals surface area contributed by atoms with E-state index in [1.54, 1.807) is 0 Å². The van der Waals surface area contributed by atoms with Crippen LogP contribution in [0.1, 0.15) is 42.9 Å². The van der Waals surface area contributed by atoms with E-state index in [-0.39, 0.29) is 0 Å². The molecule has 0 radical (unpaired) electrons. The average Bonchev–Trinajstić information content (AvgIpc) is 2.86. The van der Waals surface area contributed by atoms with Gasteiger partial charge < -0.3 is 10.2 Å². The largest absolute Gasteiger partial charge is 0.309 e. The molecule has 0 atom stereocenters. The quantitative estimate of drug-likeness (QED) is 0.850. The molecule has 1 N–H and O–H groups in total. The lowest BCUT2D eigenvalue weighted by atomic mass is 10.0. The molecular formula is C15H26N2S. The van der Waals surface area contributed by atoms with Crippen LogP contribution in [0.3, 0.4) is 0 Å². The molecule has 0 bridgehead atoms. The van der Waals surface area contributed by atoms with Crippen LogP contribution in [0.2, 0.25) is 0 Å². The molecule has 2 nitrogen and oxygen atoms in total. The fraction of sp³-hybridized carbons (Fsp3) is 0.733. The number of thiophene rings is 1. The Kier molecular flexibility index (Phi) is 5.67. The van der Waals surface area contributed by atoms with Gasteiger partial charge in [0.05, 0.1) is 0 Å². The first-order valence-corrected chi connectivity index (χ1v) is 8.16. The topological polar surface area (TPSA) is 15.3 Å². The predicted molar refractivity (Wildman–Crippen MR) is 80.3 cm³/mol. The van der Waals surface area contributed by atoms with E-state index in [1.165, 1.54) is 55.1 Å². The Morgan fingerprint density at radius 1 is 1.22 bits per heavy atom. The van der Waals surface area contributed by atoms with Gasteiger partial charge in [0, 0.05) is 22.3 Å². The Balaban J connectivity index is 1.68. The standard InChI is InChI=1S/C15H26N2S/c1-3-9-17-10-7-13(8-11-17)16-12-15-6-5-14(4-2)18-15/h5-6,13,16H,3-4,7-12H2,1-2H3. The molecule has 0 unspecified atom stereocenters. The molecule has 1 aromatic rings. The van der Waals surface area contributed by atoms with Crippen molar-refractivity contribution in [1.82, 2.24) is 10.2 Å². The maximum atomic E-state index is 3.72. The number of rotatable bonds is 6. The summed E-state index contributed by atoms with van der Waals surface area (Å²) in [4.78, 5) is 5.59. The Hall–Kier alpha value is -0.380. The fourth-order valence-electron chi connectivity index (χ4n) is 2.63. The fourth-order valence-corrected chi connectivity index (χ4v) is 3.54. The number of piperidine rings is 1. The lowest BCUT2D eigenvalue weighted by Gasteiger charge is -2.32. The van der Waals surface area contributed by atoms with Crippen molar-refractivity contribution in [2.45, 2.75) is 52.1 Å². The molecule has 102 valence electrons. The van der Waals surface area contributed by atoms with E-state index in [4.69, 9.17) is 0 Å². The highest BCUT2D eigenvalue weighted by Crippen LogP contribution is 2.18. The van der Waals surface area contributed by atoms with E-state index < -0.39 is 0 Å². The SMILES string of the molecule is CCCN1CCC(NCc2ccc(CC)s2)CC1. The van der Waals surface area contributed by atoms with Gasteiger partial charge >= 0.3 is 0 Å². The first kappa shape index (κ1) is 14.0. The zero-order valence-corrected chi connectivity index (χ0v) is 12.6. The molecule has 1 fully saturated rings. The lowest BCUT2D eigenvalue weighted by Crippen LogP contribution is -2.42. The highest BCUT2D eigenvalue weighted by atomic mass is 32.1. The van der Waals surface area contributed by atoms with E-state index in [2.05, 4.69) is 36.2 Å². The molecule has 0 aliphatic carbocycles. The summed E-state index contributed by atoms with van der Waals surface area (Å²) in [5.41, 5.74) is 0. The number of aryl methyl sites for hydroxylation is 1. The van der Waals surface area contributed by atoms with Crippen LogP contribution in [0.15, 0.2) is 12.1 Å². The van der Waals surface area contributed by atoms with Crippen LogP contribution in [-0.4, -0.2) is 30.6 Å². The molecule has 2 rings (SSSR count). The summed E-state index contributed by atoms with van der Waals surface area (Å²) in [5, 5.41) is 3.72. The van der Waals surface area contributed by atoms with Crippen molar-refractivity contribution in [3.8, 4) is 0 Å². The van der Waals surface area contributed by atoms with Gasteiger partial charge in [-0.2, -0.15) is 0 Å². The van der Waals surface area contributed by atoms with Gasteiger partial charge in [-0.25, -0.2) is 0 Å². The molecule has 2 heterocycles. The smallest absolute Gasteiger partial charge is 0.0302 e. The average molecular weight is 266 g/mol. The lowest BCUT2D eigenvalue weighted by molar-refractivity contribution is 0.197. The Morgan fingerprint density at radius 2 is 1.94 bits per heavy atom. The molecule has 1 saturated heterocycles. The van der Waals surface area contributed by atoms with Gasteiger partial charge in [-0.3, -0.25) is 0 Å². The summed E-state index contributed by atoms with van der Waals surface area (Å²) in [7, 11) is 0. The second-order valence-corrected chi connectivity index (χ2v) is 6.47. The highest BCUT2D eigenvalue weighted by molar-refractivity contribution is 7.11. The second-order valence-electron chi connectivity index (χ2n) is 5.22. The van der Waals surface area contributed by atoms with Crippen LogP contribution in [-0.2, 0) is 13.0 Å². The predicted octanol–water partition coefficient (Wildman–Crippen LogP) is 3.27. The Morgan fingerprint density at radius 3 is 2.56 bits per heavy atom. The van der Waals surface area contributed by atoms with Gasteiger partial charge in [0.2, 0.25) is 0 Å². The summed E-state index contributed by atoms with van der Waals surface area (Å²) >= 11 is 1.96. The van der Waals surface area contributed by atoms with E-state index in [0.717, 1.165) is 12.6 Å². The summed E-state index contributed by atoms with van der Waals surface area (Å²) in [6, 6.07) is 5.28. The molecule has 3 heteroatoms. The maximum absolute atomic E-state index is 3.72. The molecular weight excluding hydrogens is 240 g/mol.